The number of aliphatic hydroxyl groups is 1. The Bertz CT molecular complexity index is 479. The van der Waals surface area contributed by atoms with Gasteiger partial charge in [0, 0.05) is 11.8 Å². The van der Waals surface area contributed by atoms with E-state index in [4.69, 9.17) is 9.47 Å². The Hall–Kier alpha value is -0.900. The summed E-state index contributed by atoms with van der Waals surface area (Å²) >= 11 is 0. The number of rotatable bonds is 5. The first-order valence-corrected chi connectivity index (χ1v) is 7.88. The van der Waals surface area contributed by atoms with Gasteiger partial charge >= 0.3 is 0 Å². The Morgan fingerprint density at radius 1 is 1.24 bits per heavy atom. The van der Waals surface area contributed by atoms with Gasteiger partial charge in [0.25, 0.3) is 0 Å². The van der Waals surface area contributed by atoms with Gasteiger partial charge in [0.15, 0.2) is 0 Å². The van der Waals surface area contributed by atoms with Crippen LogP contribution >= 0.6 is 0 Å². The molecule has 2 unspecified atom stereocenters. The molecule has 0 aliphatic heterocycles. The Kier molecular flexibility index (Phi) is 3.85. The fourth-order valence-electron chi connectivity index (χ4n) is 3.64. The number of aliphatic hydroxyl groups excluding tert-OH is 1. The van der Waals surface area contributed by atoms with Crippen LogP contribution in [0.2, 0.25) is 0 Å². The molecule has 3 rings (SSSR count). The summed E-state index contributed by atoms with van der Waals surface area (Å²) in [6.45, 7) is 7.55. The summed E-state index contributed by atoms with van der Waals surface area (Å²) in [6, 6.07) is 10.2. The lowest BCUT2D eigenvalue weighted by molar-refractivity contribution is -0.105. The average molecular weight is 290 g/mol. The van der Waals surface area contributed by atoms with Crippen molar-refractivity contribution in [2.75, 3.05) is 6.61 Å². The van der Waals surface area contributed by atoms with Crippen LogP contribution < -0.4 is 0 Å². The van der Waals surface area contributed by atoms with Gasteiger partial charge in [0.1, 0.15) is 0 Å². The first-order chi connectivity index (χ1) is 9.91. The van der Waals surface area contributed by atoms with E-state index in [0.717, 1.165) is 12.8 Å². The summed E-state index contributed by atoms with van der Waals surface area (Å²) < 4.78 is 12.1. The molecule has 21 heavy (non-hydrogen) atoms. The van der Waals surface area contributed by atoms with E-state index >= 15 is 0 Å². The highest BCUT2D eigenvalue weighted by Crippen LogP contribution is 2.65. The second kappa shape index (κ2) is 5.38. The molecule has 1 aromatic carbocycles. The molecule has 0 bridgehead atoms. The van der Waals surface area contributed by atoms with E-state index in [1.807, 2.05) is 18.2 Å². The van der Waals surface area contributed by atoms with Gasteiger partial charge in [-0.3, -0.25) is 0 Å². The molecule has 0 radical (unpaired) electrons. The monoisotopic (exact) mass is 290 g/mol. The van der Waals surface area contributed by atoms with Crippen molar-refractivity contribution in [1.29, 1.82) is 0 Å². The highest BCUT2D eigenvalue weighted by atomic mass is 16.5. The molecular formula is C18H26O3. The Morgan fingerprint density at radius 3 is 2.57 bits per heavy atom. The maximum absolute atomic E-state index is 10.2. The number of fused-ring (bicyclic) bond motifs is 1. The van der Waals surface area contributed by atoms with Crippen LogP contribution in [0.15, 0.2) is 30.3 Å². The van der Waals surface area contributed by atoms with E-state index in [2.05, 4.69) is 32.9 Å². The van der Waals surface area contributed by atoms with Crippen molar-refractivity contribution in [1.82, 2.24) is 0 Å². The van der Waals surface area contributed by atoms with Gasteiger partial charge in [-0.25, -0.2) is 0 Å². The largest absolute Gasteiger partial charge is 0.393 e. The molecule has 4 atom stereocenters. The minimum Gasteiger partial charge on any atom is -0.393 e. The molecule has 2 saturated carbocycles. The molecule has 0 heterocycles. The lowest BCUT2D eigenvalue weighted by Gasteiger charge is -2.31. The summed E-state index contributed by atoms with van der Waals surface area (Å²) in [7, 11) is 0. The molecule has 1 aromatic rings. The van der Waals surface area contributed by atoms with Crippen molar-refractivity contribution < 1.29 is 14.6 Å². The molecule has 3 nitrogen and oxygen atoms in total. The molecule has 1 N–H and O–H groups in total. The summed E-state index contributed by atoms with van der Waals surface area (Å²) in [5.74, 6) is 0.362. The highest BCUT2D eigenvalue weighted by molar-refractivity contribution is 5.17. The van der Waals surface area contributed by atoms with Gasteiger partial charge < -0.3 is 14.6 Å². The highest BCUT2D eigenvalue weighted by Gasteiger charge is 2.68. The molecule has 2 aliphatic carbocycles. The Balaban J connectivity index is 1.58. The van der Waals surface area contributed by atoms with Gasteiger partial charge in [-0.1, -0.05) is 30.3 Å². The van der Waals surface area contributed by atoms with E-state index < -0.39 is 0 Å². The minimum absolute atomic E-state index is 0.0431. The van der Waals surface area contributed by atoms with Crippen molar-refractivity contribution in [2.24, 2.45) is 11.3 Å². The van der Waals surface area contributed by atoms with E-state index in [-0.39, 0.29) is 23.2 Å². The molecule has 116 valence electrons. The Labute approximate surface area is 127 Å². The Morgan fingerprint density at radius 2 is 1.95 bits per heavy atom. The normalized spacial score (nSPS) is 34.8. The second-order valence-corrected chi connectivity index (χ2v) is 7.54. The van der Waals surface area contributed by atoms with E-state index in [1.54, 1.807) is 0 Å². The number of benzene rings is 1. The van der Waals surface area contributed by atoms with Crippen molar-refractivity contribution >= 4 is 0 Å². The standard InChI is InChI=1S/C18H26O3/c1-17(2,3)21-16-9-15(19)14-10-18(14,16)12-20-11-13-7-5-4-6-8-13/h4-8,14-16,19H,9-12H2,1-3H3/t14?,15-,16+,18?/m1/s1. The van der Waals surface area contributed by atoms with Gasteiger partial charge in [-0.15, -0.1) is 0 Å². The lowest BCUT2D eigenvalue weighted by Crippen LogP contribution is -2.35. The first kappa shape index (κ1) is 15.0. The predicted molar refractivity (Wildman–Crippen MR) is 81.9 cm³/mol. The molecule has 0 amide bonds. The van der Waals surface area contributed by atoms with E-state index in [0.29, 0.717) is 19.1 Å². The van der Waals surface area contributed by atoms with Crippen LogP contribution in [0, 0.1) is 11.3 Å². The van der Waals surface area contributed by atoms with Crippen LogP contribution in [0.1, 0.15) is 39.2 Å². The third-order valence-electron chi connectivity index (χ3n) is 4.72. The predicted octanol–water partition coefficient (Wildman–Crippen LogP) is 3.16. The van der Waals surface area contributed by atoms with Crippen LogP contribution in [0.5, 0.6) is 0 Å². The quantitative estimate of drug-likeness (QED) is 0.905. The summed E-state index contributed by atoms with van der Waals surface area (Å²) in [4.78, 5) is 0. The van der Waals surface area contributed by atoms with Crippen LogP contribution in [0.4, 0.5) is 0 Å². The fraction of sp³-hybridized carbons (Fsp3) is 0.667. The zero-order valence-corrected chi connectivity index (χ0v) is 13.2. The summed E-state index contributed by atoms with van der Waals surface area (Å²) in [5, 5.41) is 10.2. The number of ether oxygens (including phenoxy) is 2. The van der Waals surface area contributed by atoms with Crippen molar-refractivity contribution in [3.63, 3.8) is 0 Å². The van der Waals surface area contributed by atoms with Gasteiger partial charge in [-0.2, -0.15) is 0 Å². The van der Waals surface area contributed by atoms with Crippen LogP contribution in [-0.2, 0) is 16.1 Å². The zero-order chi connectivity index (χ0) is 15.1. The first-order valence-electron chi connectivity index (χ1n) is 7.88. The molecule has 0 saturated heterocycles. The van der Waals surface area contributed by atoms with Gasteiger partial charge in [-0.05, 0) is 38.7 Å². The fourth-order valence-corrected chi connectivity index (χ4v) is 3.64. The third-order valence-corrected chi connectivity index (χ3v) is 4.72. The van der Waals surface area contributed by atoms with Crippen LogP contribution in [0.3, 0.4) is 0 Å². The maximum Gasteiger partial charge on any atom is 0.0717 e. The van der Waals surface area contributed by atoms with Crippen molar-refractivity contribution in [3.05, 3.63) is 35.9 Å². The third kappa shape index (κ3) is 3.15. The van der Waals surface area contributed by atoms with Crippen LogP contribution in [-0.4, -0.2) is 29.5 Å². The molecule has 0 spiro atoms. The second-order valence-electron chi connectivity index (χ2n) is 7.54. The molecular weight excluding hydrogens is 264 g/mol. The summed E-state index contributed by atoms with van der Waals surface area (Å²) in [5.41, 5.74) is 1.06. The van der Waals surface area contributed by atoms with E-state index in [9.17, 15) is 5.11 Å². The average Bonchev–Trinajstić information content (AvgIpc) is 3.08. The summed E-state index contributed by atoms with van der Waals surface area (Å²) in [6.07, 6.45) is 1.67. The SMILES string of the molecule is CC(C)(C)O[C@H]1C[C@@H](O)C2CC21COCc1ccccc1. The smallest absolute Gasteiger partial charge is 0.0717 e. The topological polar surface area (TPSA) is 38.7 Å². The number of hydrogen-bond acceptors (Lipinski definition) is 3. The molecule has 2 aliphatic rings. The number of hydrogen-bond donors (Lipinski definition) is 1. The van der Waals surface area contributed by atoms with E-state index in [1.165, 1.54) is 5.56 Å². The zero-order valence-electron chi connectivity index (χ0n) is 13.2. The maximum atomic E-state index is 10.2. The minimum atomic E-state index is -0.224. The molecule has 0 aromatic heterocycles. The van der Waals surface area contributed by atoms with Crippen molar-refractivity contribution in [3.8, 4) is 0 Å². The van der Waals surface area contributed by atoms with Crippen LogP contribution in [0.25, 0.3) is 0 Å². The van der Waals surface area contributed by atoms with Crippen molar-refractivity contribution in [2.45, 2.75) is 58.0 Å². The van der Waals surface area contributed by atoms with Gasteiger partial charge in [0.2, 0.25) is 0 Å². The molecule has 2 fully saturated rings. The molecule has 3 heteroatoms. The lowest BCUT2D eigenvalue weighted by atomic mass is 10.0. The van der Waals surface area contributed by atoms with Gasteiger partial charge in [0.05, 0.1) is 31.0 Å².